The molecular formula is C21H25N3O3S. The number of amides is 1. The third-order valence-corrected chi connectivity index (χ3v) is 4.89. The molecule has 1 amide bonds. The summed E-state index contributed by atoms with van der Waals surface area (Å²) in [6.07, 6.45) is 3.37. The molecule has 6 nitrogen and oxygen atoms in total. The topological polar surface area (TPSA) is 62.8 Å². The first-order valence-electron chi connectivity index (χ1n) is 9.30. The zero-order valence-electron chi connectivity index (χ0n) is 16.2. The smallest absolute Gasteiger partial charge is 0.253 e. The predicted molar refractivity (Wildman–Crippen MR) is 116 cm³/mol. The van der Waals surface area contributed by atoms with Gasteiger partial charge in [0.25, 0.3) is 5.91 Å². The number of nitrogens with one attached hydrogen (secondary N) is 2. The number of hydrogen-bond acceptors (Lipinski definition) is 4. The Kier molecular flexibility index (Phi) is 6.71. The summed E-state index contributed by atoms with van der Waals surface area (Å²) in [5.41, 5.74) is 2.20. The molecular weight excluding hydrogens is 374 g/mol. The first kappa shape index (κ1) is 19.9. The van der Waals surface area contributed by atoms with Gasteiger partial charge in [0, 0.05) is 30.4 Å². The molecule has 28 heavy (non-hydrogen) atoms. The lowest BCUT2D eigenvalue weighted by Crippen LogP contribution is -2.35. The molecule has 7 heteroatoms. The van der Waals surface area contributed by atoms with Crippen molar-refractivity contribution in [3.63, 3.8) is 0 Å². The summed E-state index contributed by atoms with van der Waals surface area (Å²) in [6, 6.07) is 12.8. The molecule has 0 radical (unpaired) electrons. The Balaban J connectivity index is 1.62. The van der Waals surface area contributed by atoms with Gasteiger partial charge in [0.2, 0.25) is 0 Å². The third kappa shape index (κ3) is 4.92. The summed E-state index contributed by atoms with van der Waals surface area (Å²) in [5, 5.41) is 6.66. The van der Waals surface area contributed by atoms with Crippen LogP contribution in [-0.4, -0.2) is 43.2 Å². The average molecular weight is 400 g/mol. The number of likely N-dealkylation sites (tertiary alicyclic amines) is 1. The number of methoxy groups -OCH3 is 2. The minimum Gasteiger partial charge on any atom is -0.497 e. The first-order valence-corrected chi connectivity index (χ1v) is 9.71. The molecule has 0 aromatic heterocycles. The minimum absolute atomic E-state index is 0.0908. The summed E-state index contributed by atoms with van der Waals surface area (Å²) in [7, 11) is 3.20. The highest BCUT2D eigenvalue weighted by molar-refractivity contribution is 7.80. The second-order valence-electron chi connectivity index (χ2n) is 6.58. The zero-order valence-corrected chi connectivity index (χ0v) is 17.0. The highest BCUT2D eigenvalue weighted by atomic mass is 32.1. The van der Waals surface area contributed by atoms with Crippen molar-refractivity contribution in [2.45, 2.75) is 19.3 Å². The molecule has 0 saturated carbocycles. The van der Waals surface area contributed by atoms with Crippen molar-refractivity contribution in [2.75, 3.05) is 37.9 Å². The lowest BCUT2D eigenvalue weighted by molar-refractivity contribution is 0.0724. The molecule has 1 aliphatic heterocycles. The summed E-state index contributed by atoms with van der Waals surface area (Å²) in [5.74, 6) is 1.45. The van der Waals surface area contributed by atoms with Crippen LogP contribution in [0.1, 0.15) is 29.6 Å². The van der Waals surface area contributed by atoms with Gasteiger partial charge in [0.1, 0.15) is 11.5 Å². The summed E-state index contributed by atoms with van der Waals surface area (Å²) in [6.45, 7) is 1.68. The Labute approximate surface area is 170 Å². The van der Waals surface area contributed by atoms with Crippen LogP contribution in [0.2, 0.25) is 0 Å². The predicted octanol–water partition coefficient (Wildman–Crippen LogP) is 4.14. The Morgan fingerprint density at radius 2 is 1.68 bits per heavy atom. The van der Waals surface area contributed by atoms with Crippen molar-refractivity contribution >= 4 is 34.6 Å². The zero-order chi connectivity index (χ0) is 19.9. The molecule has 2 N–H and O–H groups in total. The molecule has 1 heterocycles. The van der Waals surface area contributed by atoms with Crippen molar-refractivity contribution in [3.8, 4) is 11.5 Å². The highest BCUT2D eigenvalue weighted by Crippen LogP contribution is 2.29. The molecule has 148 valence electrons. The van der Waals surface area contributed by atoms with Gasteiger partial charge in [-0.15, -0.1) is 0 Å². The maximum absolute atomic E-state index is 12.5. The molecule has 1 aliphatic rings. The van der Waals surface area contributed by atoms with Crippen molar-refractivity contribution in [3.05, 3.63) is 48.0 Å². The van der Waals surface area contributed by atoms with Gasteiger partial charge in [0.15, 0.2) is 5.11 Å². The van der Waals surface area contributed by atoms with Gasteiger partial charge in [-0.25, -0.2) is 0 Å². The Hall–Kier alpha value is -2.80. The fourth-order valence-electron chi connectivity index (χ4n) is 3.17. The van der Waals surface area contributed by atoms with E-state index in [0.717, 1.165) is 31.6 Å². The van der Waals surface area contributed by atoms with Gasteiger partial charge < -0.3 is 25.0 Å². The number of carbonyl (C=O) groups excluding carboxylic acids is 1. The highest BCUT2D eigenvalue weighted by Gasteiger charge is 2.18. The molecule has 1 saturated heterocycles. The maximum atomic E-state index is 12.5. The van der Waals surface area contributed by atoms with Crippen LogP contribution in [0.4, 0.5) is 11.4 Å². The van der Waals surface area contributed by atoms with Gasteiger partial charge >= 0.3 is 0 Å². The van der Waals surface area contributed by atoms with Crippen molar-refractivity contribution in [1.82, 2.24) is 4.90 Å². The van der Waals surface area contributed by atoms with E-state index in [2.05, 4.69) is 10.6 Å². The molecule has 3 rings (SSSR count). The number of benzene rings is 2. The normalized spacial score (nSPS) is 13.6. The molecule has 2 aromatic carbocycles. The van der Waals surface area contributed by atoms with E-state index < -0.39 is 0 Å². The fourth-order valence-corrected chi connectivity index (χ4v) is 3.40. The van der Waals surface area contributed by atoms with E-state index >= 15 is 0 Å². The van der Waals surface area contributed by atoms with Gasteiger partial charge in [-0.1, -0.05) is 0 Å². The summed E-state index contributed by atoms with van der Waals surface area (Å²) in [4.78, 5) is 14.5. The largest absolute Gasteiger partial charge is 0.497 e. The molecule has 1 fully saturated rings. The summed E-state index contributed by atoms with van der Waals surface area (Å²) >= 11 is 5.40. The second-order valence-corrected chi connectivity index (χ2v) is 6.98. The Morgan fingerprint density at radius 3 is 2.32 bits per heavy atom. The standard InChI is InChI=1S/C21H25N3O3S/c1-26-17-10-11-19(27-2)18(14-17)23-21(28)22-16-8-6-15(7-9-16)20(25)24-12-4-3-5-13-24/h6-11,14H,3-5,12-13H2,1-2H3,(H2,22,23,28). The van der Waals surface area contributed by atoms with E-state index in [0.29, 0.717) is 27.9 Å². The van der Waals surface area contributed by atoms with Gasteiger partial charge in [-0.3, -0.25) is 4.79 Å². The van der Waals surface area contributed by atoms with Crippen LogP contribution in [0.15, 0.2) is 42.5 Å². The van der Waals surface area contributed by atoms with E-state index in [1.807, 2.05) is 47.4 Å². The number of ether oxygens (including phenoxy) is 2. The van der Waals surface area contributed by atoms with E-state index in [9.17, 15) is 4.79 Å². The Bertz CT molecular complexity index is 833. The monoisotopic (exact) mass is 399 g/mol. The number of nitrogens with zero attached hydrogens (tertiary/aromatic N) is 1. The molecule has 0 aliphatic carbocycles. The molecule has 0 atom stereocenters. The fraction of sp³-hybridized carbons (Fsp3) is 0.333. The minimum atomic E-state index is 0.0908. The number of hydrogen-bond donors (Lipinski definition) is 2. The van der Waals surface area contributed by atoms with E-state index in [1.165, 1.54) is 6.42 Å². The molecule has 2 aromatic rings. The van der Waals surface area contributed by atoms with Crippen LogP contribution < -0.4 is 20.1 Å². The number of thiocarbonyl (C=S) groups is 1. The van der Waals surface area contributed by atoms with Gasteiger partial charge in [-0.2, -0.15) is 0 Å². The number of anilines is 2. The van der Waals surface area contributed by atoms with Crippen molar-refractivity contribution in [1.29, 1.82) is 0 Å². The average Bonchev–Trinajstić information content (AvgIpc) is 2.74. The van der Waals surface area contributed by atoms with Crippen LogP contribution in [0.25, 0.3) is 0 Å². The van der Waals surface area contributed by atoms with E-state index in [4.69, 9.17) is 21.7 Å². The first-order chi connectivity index (χ1) is 13.6. The van der Waals surface area contributed by atoms with Crippen LogP contribution in [0, 0.1) is 0 Å². The van der Waals surface area contributed by atoms with Crippen LogP contribution in [0.5, 0.6) is 11.5 Å². The van der Waals surface area contributed by atoms with Crippen molar-refractivity contribution < 1.29 is 14.3 Å². The van der Waals surface area contributed by atoms with Crippen molar-refractivity contribution in [2.24, 2.45) is 0 Å². The van der Waals surface area contributed by atoms with E-state index in [-0.39, 0.29) is 5.91 Å². The lowest BCUT2D eigenvalue weighted by Gasteiger charge is -2.26. The second kappa shape index (κ2) is 9.41. The number of rotatable bonds is 5. The third-order valence-electron chi connectivity index (χ3n) is 4.69. The van der Waals surface area contributed by atoms with Crippen LogP contribution in [0.3, 0.4) is 0 Å². The lowest BCUT2D eigenvalue weighted by atomic mass is 10.1. The molecule has 0 spiro atoms. The van der Waals surface area contributed by atoms with Gasteiger partial charge in [-0.05, 0) is 67.9 Å². The van der Waals surface area contributed by atoms with Crippen LogP contribution in [-0.2, 0) is 0 Å². The SMILES string of the molecule is COc1ccc(OC)c(NC(=S)Nc2ccc(C(=O)N3CCCCC3)cc2)c1. The summed E-state index contributed by atoms with van der Waals surface area (Å²) < 4.78 is 10.6. The quantitative estimate of drug-likeness (QED) is 0.737. The maximum Gasteiger partial charge on any atom is 0.253 e. The number of carbonyl (C=O) groups is 1. The van der Waals surface area contributed by atoms with E-state index in [1.54, 1.807) is 14.2 Å². The number of piperidine rings is 1. The van der Waals surface area contributed by atoms with Crippen LogP contribution >= 0.6 is 12.2 Å². The molecule has 0 unspecified atom stereocenters. The van der Waals surface area contributed by atoms with Gasteiger partial charge in [0.05, 0.1) is 19.9 Å². The molecule has 0 bridgehead atoms. The Morgan fingerprint density at radius 1 is 0.964 bits per heavy atom.